The lowest BCUT2D eigenvalue weighted by molar-refractivity contribution is -0.117. The minimum absolute atomic E-state index is 0.0517. The van der Waals surface area contributed by atoms with E-state index in [-0.39, 0.29) is 17.3 Å². The lowest BCUT2D eigenvalue weighted by atomic mass is 9.78. The number of nitrogens with one attached hydrogen (secondary N) is 2. The van der Waals surface area contributed by atoms with Crippen molar-refractivity contribution in [3.05, 3.63) is 89.0 Å². The van der Waals surface area contributed by atoms with E-state index < -0.39 is 5.91 Å². The van der Waals surface area contributed by atoms with E-state index in [0.29, 0.717) is 23.6 Å². The number of hydrogen-bond donors (Lipinski definition) is 2. The molecule has 0 aliphatic heterocycles. The number of amides is 1. The fourth-order valence-electron chi connectivity index (χ4n) is 3.75. The van der Waals surface area contributed by atoms with E-state index in [1.165, 1.54) is 7.11 Å². The molecule has 6 heteroatoms. The monoisotopic (exact) mass is 427 g/mol. The number of carbonyl (C=O) groups is 2. The van der Waals surface area contributed by atoms with Gasteiger partial charge in [0.15, 0.2) is 0 Å². The van der Waals surface area contributed by atoms with Crippen molar-refractivity contribution in [2.45, 2.75) is 20.3 Å². The predicted octanol–water partition coefficient (Wildman–Crippen LogP) is 4.73. The van der Waals surface area contributed by atoms with Crippen LogP contribution in [0.25, 0.3) is 0 Å². The number of Topliss-reactive ketones (excluding diaryl/α,β-unsaturated/α-hetero) is 1. The summed E-state index contributed by atoms with van der Waals surface area (Å²) in [5.41, 5.74) is 7.63. The first-order chi connectivity index (χ1) is 15.5. The van der Waals surface area contributed by atoms with Crippen molar-refractivity contribution in [3.8, 4) is 5.75 Å². The zero-order chi connectivity index (χ0) is 22.7. The maximum absolute atomic E-state index is 13.3. The molecule has 1 atom stereocenters. The van der Waals surface area contributed by atoms with E-state index in [2.05, 4.69) is 15.8 Å². The molecule has 2 aliphatic carbocycles. The second-order valence-corrected chi connectivity index (χ2v) is 7.90. The summed E-state index contributed by atoms with van der Waals surface area (Å²) in [6.07, 6.45) is 8.17. The summed E-state index contributed by atoms with van der Waals surface area (Å²) in [4.78, 5) is 26.4. The van der Waals surface area contributed by atoms with Crippen molar-refractivity contribution in [2.24, 2.45) is 11.0 Å². The molecule has 1 amide bonds. The Bertz CT molecular complexity index is 1190. The van der Waals surface area contributed by atoms with Gasteiger partial charge in [-0.15, -0.1) is 0 Å². The first-order valence-corrected chi connectivity index (χ1v) is 10.5. The van der Waals surface area contributed by atoms with Crippen LogP contribution in [-0.4, -0.2) is 24.5 Å². The van der Waals surface area contributed by atoms with E-state index in [1.807, 2.05) is 68.5 Å². The largest absolute Gasteiger partial charge is 0.495 e. The number of carbonyl (C=O) groups excluding carboxylic acids is 2. The van der Waals surface area contributed by atoms with Crippen molar-refractivity contribution in [1.29, 1.82) is 0 Å². The summed E-state index contributed by atoms with van der Waals surface area (Å²) in [6, 6.07) is 13.2. The minimum atomic E-state index is -0.490. The molecular weight excluding hydrogens is 402 g/mol. The van der Waals surface area contributed by atoms with E-state index >= 15 is 0 Å². The van der Waals surface area contributed by atoms with Crippen LogP contribution < -0.4 is 15.5 Å². The Labute approximate surface area is 187 Å². The SMILES string of the molecule is COc1ccc(C)cc1NC(=O)C1=CC2=CC=CCC2C(=NNc2ccc(C)cc2)C1=O. The highest BCUT2D eigenvalue weighted by Gasteiger charge is 2.36. The van der Waals surface area contributed by atoms with Crippen LogP contribution in [0.3, 0.4) is 0 Å². The van der Waals surface area contributed by atoms with Gasteiger partial charge in [0.05, 0.1) is 24.1 Å². The summed E-state index contributed by atoms with van der Waals surface area (Å²) in [7, 11) is 1.54. The molecular formula is C26H25N3O3. The summed E-state index contributed by atoms with van der Waals surface area (Å²) in [5.74, 6) is -0.530. The Morgan fingerprint density at radius 2 is 1.84 bits per heavy atom. The third-order valence-corrected chi connectivity index (χ3v) is 5.52. The van der Waals surface area contributed by atoms with Crippen LogP contribution in [0.5, 0.6) is 5.75 Å². The topological polar surface area (TPSA) is 79.8 Å². The number of ether oxygens (including phenoxy) is 1. The number of hydrogen-bond acceptors (Lipinski definition) is 5. The quantitative estimate of drug-likeness (QED) is 0.534. The van der Waals surface area contributed by atoms with Gasteiger partial charge in [0, 0.05) is 5.92 Å². The number of hydrazone groups is 1. The van der Waals surface area contributed by atoms with Gasteiger partial charge in [0.25, 0.3) is 5.91 Å². The Kier molecular flexibility index (Phi) is 6.03. The highest BCUT2D eigenvalue weighted by atomic mass is 16.5. The van der Waals surface area contributed by atoms with Crippen LogP contribution in [0.4, 0.5) is 11.4 Å². The number of nitrogens with zero attached hydrogens (tertiary/aromatic N) is 1. The van der Waals surface area contributed by atoms with E-state index in [4.69, 9.17) is 4.74 Å². The Balaban J connectivity index is 1.65. The smallest absolute Gasteiger partial charge is 0.259 e. The van der Waals surface area contributed by atoms with Crippen LogP contribution >= 0.6 is 0 Å². The molecule has 2 aromatic rings. The van der Waals surface area contributed by atoms with Crippen LogP contribution in [0.15, 0.2) is 83.0 Å². The predicted molar refractivity (Wildman–Crippen MR) is 127 cm³/mol. The summed E-state index contributed by atoms with van der Waals surface area (Å²) >= 11 is 0. The van der Waals surface area contributed by atoms with Gasteiger partial charge in [0.1, 0.15) is 11.5 Å². The van der Waals surface area contributed by atoms with Gasteiger partial charge in [-0.25, -0.2) is 0 Å². The number of rotatable bonds is 5. The van der Waals surface area contributed by atoms with Gasteiger partial charge in [-0.05, 0) is 61.7 Å². The molecule has 0 fully saturated rings. The molecule has 0 saturated heterocycles. The molecule has 6 nitrogen and oxygen atoms in total. The maximum atomic E-state index is 13.3. The van der Waals surface area contributed by atoms with E-state index in [9.17, 15) is 9.59 Å². The molecule has 0 bridgehead atoms. The Morgan fingerprint density at radius 3 is 2.59 bits per heavy atom. The number of allylic oxidation sites excluding steroid dienone is 5. The average Bonchev–Trinajstić information content (AvgIpc) is 2.79. The zero-order valence-corrected chi connectivity index (χ0v) is 18.3. The molecule has 2 aromatic carbocycles. The molecule has 0 heterocycles. The van der Waals surface area contributed by atoms with Crippen molar-refractivity contribution >= 4 is 28.8 Å². The number of ketones is 1. The summed E-state index contributed by atoms with van der Waals surface area (Å²) < 4.78 is 5.34. The van der Waals surface area contributed by atoms with Crippen molar-refractivity contribution in [1.82, 2.24) is 0 Å². The van der Waals surface area contributed by atoms with Crippen LogP contribution in [-0.2, 0) is 9.59 Å². The standard InChI is InChI=1S/C26H25N3O3/c1-16-8-11-19(12-9-16)28-29-24-20-7-5-4-6-18(20)15-21(25(24)30)26(31)27-22-14-17(2)10-13-23(22)32-3/h4-6,8-15,20,28H,7H2,1-3H3,(H,27,31). The van der Waals surface area contributed by atoms with Crippen molar-refractivity contribution < 1.29 is 14.3 Å². The van der Waals surface area contributed by atoms with Crippen LogP contribution in [0.2, 0.25) is 0 Å². The van der Waals surface area contributed by atoms with Gasteiger partial charge >= 0.3 is 0 Å². The highest BCUT2D eigenvalue weighted by Crippen LogP contribution is 2.32. The maximum Gasteiger partial charge on any atom is 0.259 e. The van der Waals surface area contributed by atoms with Crippen molar-refractivity contribution in [2.75, 3.05) is 17.9 Å². The van der Waals surface area contributed by atoms with Gasteiger partial charge in [0.2, 0.25) is 5.78 Å². The van der Waals surface area contributed by atoms with E-state index in [0.717, 1.165) is 22.4 Å². The van der Waals surface area contributed by atoms with Crippen LogP contribution in [0.1, 0.15) is 17.5 Å². The van der Waals surface area contributed by atoms with Gasteiger partial charge < -0.3 is 10.1 Å². The van der Waals surface area contributed by atoms with Crippen molar-refractivity contribution in [3.63, 3.8) is 0 Å². The third kappa shape index (κ3) is 4.39. The molecule has 2 N–H and O–H groups in total. The van der Waals surface area contributed by atoms with Crippen LogP contribution in [0, 0.1) is 19.8 Å². The molecule has 0 spiro atoms. The molecule has 1 unspecified atom stereocenters. The molecule has 0 saturated carbocycles. The second kappa shape index (κ2) is 9.06. The fourth-order valence-corrected chi connectivity index (χ4v) is 3.75. The number of fused-ring (bicyclic) bond motifs is 1. The van der Waals surface area contributed by atoms with Gasteiger partial charge in [-0.1, -0.05) is 42.0 Å². The molecule has 0 aromatic heterocycles. The molecule has 2 aliphatic rings. The van der Waals surface area contributed by atoms with Gasteiger partial charge in [-0.3, -0.25) is 15.0 Å². The summed E-state index contributed by atoms with van der Waals surface area (Å²) in [5, 5.41) is 7.26. The molecule has 162 valence electrons. The minimum Gasteiger partial charge on any atom is -0.495 e. The number of methoxy groups -OCH3 is 1. The Morgan fingerprint density at radius 1 is 1.09 bits per heavy atom. The highest BCUT2D eigenvalue weighted by molar-refractivity contribution is 6.54. The Hall–Kier alpha value is -3.93. The zero-order valence-electron chi connectivity index (χ0n) is 18.3. The average molecular weight is 428 g/mol. The first-order valence-electron chi connectivity index (χ1n) is 10.5. The number of benzene rings is 2. The first kappa shape index (κ1) is 21.3. The summed E-state index contributed by atoms with van der Waals surface area (Å²) in [6.45, 7) is 3.93. The third-order valence-electron chi connectivity index (χ3n) is 5.52. The second-order valence-electron chi connectivity index (χ2n) is 7.90. The fraction of sp³-hybridized carbons (Fsp3) is 0.192. The molecule has 0 radical (unpaired) electrons. The van der Waals surface area contributed by atoms with E-state index in [1.54, 1.807) is 12.1 Å². The molecule has 32 heavy (non-hydrogen) atoms. The van der Waals surface area contributed by atoms with Gasteiger partial charge in [-0.2, -0.15) is 5.10 Å². The normalized spacial score (nSPS) is 18.5. The molecule has 4 rings (SSSR count). The number of aryl methyl sites for hydroxylation is 2. The number of anilines is 2. The lowest BCUT2D eigenvalue weighted by Crippen LogP contribution is -2.36. The lowest BCUT2D eigenvalue weighted by Gasteiger charge is -2.26.